The van der Waals surface area contributed by atoms with E-state index in [-0.39, 0.29) is 12.1 Å². The third-order valence-corrected chi connectivity index (χ3v) is 4.14. The molecular formula is C15H21ClIN3O2. The van der Waals surface area contributed by atoms with Gasteiger partial charge in [-0.25, -0.2) is 9.78 Å². The molecule has 1 amide bonds. The fourth-order valence-corrected chi connectivity index (χ4v) is 3.35. The lowest BCUT2D eigenvalue weighted by molar-refractivity contribution is 0.0218. The lowest BCUT2D eigenvalue weighted by Crippen LogP contribution is -2.54. The molecule has 1 aromatic heterocycles. The number of ether oxygens (including phenoxy) is 1. The van der Waals surface area contributed by atoms with E-state index < -0.39 is 5.60 Å². The minimum absolute atomic E-state index is 0.156. The van der Waals surface area contributed by atoms with Gasteiger partial charge in [0.2, 0.25) is 0 Å². The largest absolute Gasteiger partial charge is 0.444 e. The van der Waals surface area contributed by atoms with E-state index in [4.69, 9.17) is 16.3 Å². The smallest absolute Gasteiger partial charge is 0.410 e. The van der Waals surface area contributed by atoms with Crippen molar-refractivity contribution >= 4 is 46.1 Å². The van der Waals surface area contributed by atoms with E-state index in [0.717, 1.165) is 9.39 Å². The lowest BCUT2D eigenvalue weighted by atomic mass is 10.2. The maximum Gasteiger partial charge on any atom is 0.410 e. The number of piperazine rings is 1. The number of amides is 1. The van der Waals surface area contributed by atoms with Crippen molar-refractivity contribution in [1.29, 1.82) is 0 Å². The predicted octanol–water partition coefficient (Wildman–Crippen LogP) is 3.79. The van der Waals surface area contributed by atoms with Gasteiger partial charge in [0.25, 0.3) is 0 Å². The zero-order valence-electron chi connectivity index (χ0n) is 13.3. The van der Waals surface area contributed by atoms with Gasteiger partial charge in [0, 0.05) is 29.2 Å². The predicted molar refractivity (Wildman–Crippen MR) is 96.6 cm³/mol. The van der Waals surface area contributed by atoms with Crippen LogP contribution in [-0.2, 0) is 4.74 Å². The van der Waals surface area contributed by atoms with Crippen molar-refractivity contribution in [2.24, 2.45) is 0 Å². The summed E-state index contributed by atoms with van der Waals surface area (Å²) >= 11 is 8.27. The molecule has 1 aromatic rings. The molecule has 0 saturated carbocycles. The molecule has 0 aromatic carbocycles. The summed E-state index contributed by atoms with van der Waals surface area (Å²) in [5, 5.41) is 0.490. The molecule has 1 aliphatic heterocycles. The number of pyridine rings is 1. The Morgan fingerprint density at radius 2 is 2.09 bits per heavy atom. The zero-order valence-corrected chi connectivity index (χ0v) is 16.2. The summed E-state index contributed by atoms with van der Waals surface area (Å²) < 4.78 is 6.49. The quantitative estimate of drug-likeness (QED) is 0.495. The molecule has 0 aliphatic carbocycles. The van der Waals surface area contributed by atoms with Gasteiger partial charge in [0.15, 0.2) is 0 Å². The minimum atomic E-state index is -0.470. The number of carbonyl (C=O) groups excluding carboxylic acids is 1. The summed E-state index contributed by atoms with van der Waals surface area (Å²) in [5.74, 6) is 0.855. The van der Waals surface area contributed by atoms with Crippen molar-refractivity contribution in [3.8, 4) is 0 Å². The molecule has 2 rings (SSSR count). The van der Waals surface area contributed by atoms with Crippen molar-refractivity contribution in [3.05, 3.63) is 20.9 Å². The van der Waals surface area contributed by atoms with Crippen molar-refractivity contribution in [2.45, 2.75) is 39.3 Å². The van der Waals surface area contributed by atoms with Crippen LogP contribution in [0.2, 0.25) is 5.15 Å². The molecule has 0 bridgehead atoms. The van der Waals surface area contributed by atoms with Gasteiger partial charge in [-0.2, -0.15) is 0 Å². The highest BCUT2D eigenvalue weighted by atomic mass is 127. The van der Waals surface area contributed by atoms with Crippen LogP contribution in [0.5, 0.6) is 0 Å². The molecule has 2 heterocycles. The summed E-state index contributed by atoms with van der Waals surface area (Å²) in [7, 11) is 0. The second-order valence-corrected chi connectivity index (χ2v) is 8.07. The second kappa shape index (κ2) is 6.78. The van der Waals surface area contributed by atoms with E-state index in [1.165, 1.54) is 0 Å². The SMILES string of the molecule is C[C@H]1CN(C(=O)OC(C)(C)C)CCN1c1cc(I)cc(Cl)n1. The number of halogens is 2. The van der Waals surface area contributed by atoms with Crippen LogP contribution in [0, 0.1) is 3.57 Å². The van der Waals surface area contributed by atoms with E-state index >= 15 is 0 Å². The Morgan fingerprint density at radius 3 is 2.64 bits per heavy atom. The summed E-state index contributed by atoms with van der Waals surface area (Å²) in [6, 6.07) is 3.99. The number of hydrogen-bond donors (Lipinski definition) is 0. The Labute approximate surface area is 150 Å². The molecule has 122 valence electrons. The van der Waals surface area contributed by atoms with Crippen LogP contribution in [0.25, 0.3) is 0 Å². The number of anilines is 1. The Balaban J connectivity index is 2.05. The van der Waals surface area contributed by atoms with Crippen LogP contribution in [-0.4, -0.2) is 47.3 Å². The first kappa shape index (κ1) is 17.6. The first-order chi connectivity index (χ1) is 10.2. The molecule has 1 saturated heterocycles. The van der Waals surface area contributed by atoms with Crippen LogP contribution in [0.15, 0.2) is 12.1 Å². The van der Waals surface area contributed by atoms with Gasteiger partial charge in [0.1, 0.15) is 16.6 Å². The van der Waals surface area contributed by atoms with Crippen LogP contribution in [0.1, 0.15) is 27.7 Å². The number of nitrogens with zero attached hydrogens (tertiary/aromatic N) is 3. The van der Waals surface area contributed by atoms with Crippen molar-refractivity contribution in [1.82, 2.24) is 9.88 Å². The Hall–Kier alpha value is -0.760. The Kier molecular flexibility index (Phi) is 5.42. The molecule has 1 aliphatic rings. The molecule has 1 atom stereocenters. The highest BCUT2D eigenvalue weighted by Gasteiger charge is 2.30. The van der Waals surface area contributed by atoms with E-state index in [0.29, 0.717) is 24.8 Å². The van der Waals surface area contributed by atoms with Gasteiger partial charge in [-0.3, -0.25) is 0 Å². The first-order valence-corrected chi connectivity index (χ1v) is 8.69. The number of rotatable bonds is 1. The third-order valence-electron chi connectivity index (χ3n) is 3.32. The van der Waals surface area contributed by atoms with Gasteiger partial charge in [-0.05, 0) is 62.4 Å². The van der Waals surface area contributed by atoms with E-state index in [1.54, 1.807) is 4.90 Å². The molecule has 22 heavy (non-hydrogen) atoms. The topological polar surface area (TPSA) is 45.7 Å². The monoisotopic (exact) mass is 437 g/mol. The molecule has 7 heteroatoms. The fraction of sp³-hybridized carbons (Fsp3) is 0.600. The minimum Gasteiger partial charge on any atom is -0.444 e. The standard InChI is InChI=1S/C15H21ClIN3O2/c1-10-9-19(14(21)22-15(2,3)4)5-6-20(10)13-8-11(17)7-12(16)18-13/h7-8,10H,5-6,9H2,1-4H3/t10-/m0/s1. The maximum atomic E-state index is 12.2. The van der Waals surface area contributed by atoms with Crippen LogP contribution in [0.3, 0.4) is 0 Å². The van der Waals surface area contributed by atoms with Gasteiger partial charge >= 0.3 is 6.09 Å². The van der Waals surface area contributed by atoms with Crippen LogP contribution < -0.4 is 4.90 Å². The molecule has 1 fully saturated rings. The van der Waals surface area contributed by atoms with Gasteiger partial charge in [-0.15, -0.1) is 0 Å². The van der Waals surface area contributed by atoms with Gasteiger partial charge < -0.3 is 14.5 Å². The molecule has 0 unspecified atom stereocenters. The molecule has 0 radical (unpaired) electrons. The number of carbonyl (C=O) groups is 1. The maximum absolute atomic E-state index is 12.2. The molecule has 0 spiro atoms. The summed E-state index contributed by atoms with van der Waals surface area (Å²) in [6.45, 7) is 9.65. The van der Waals surface area contributed by atoms with Gasteiger partial charge in [0.05, 0.1) is 0 Å². The van der Waals surface area contributed by atoms with Crippen molar-refractivity contribution < 1.29 is 9.53 Å². The van der Waals surface area contributed by atoms with Crippen molar-refractivity contribution in [3.63, 3.8) is 0 Å². The van der Waals surface area contributed by atoms with Crippen LogP contribution >= 0.6 is 34.2 Å². The number of hydrogen-bond acceptors (Lipinski definition) is 4. The van der Waals surface area contributed by atoms with Crippen LogP contribution in [0.4, 0.5) is 10.6 Å². The average molecular weight is 438 g/mol. The van der Waals surface area contributed by atoms with E-state index in [9.17, 15) is 4.79 Å². The zero-order chi connectivity index (χ0) is 16.5. The highest BCUT2D eigenvalue weighted by Crippen LogP contribution is 2.24. The number of aromatic nitrogens is 1. The fourth-order valence-electron chi connectivity index (χ4n) is 2.39. The average Bonchev–Trinajstić information content (AvgIpc) is 2.35. The van der Waals surface area contributed by atoms with E-state index in [1.807, 2.05) is 32.9 Å². The van der Waals surface area contributed by atoms with E-state index in [2.05, 4.69) is 39.4 Å². The Bertz CT molecular complexity index is 542. The first-order valence-electron chi connectivity index (χ1n) is 7.23. The summed E-state index contributed by atoms with van der Waals surface area (Å²) in [5.41, 5.74) is -0.470. The lowest BCUT2D eigenvalue weighted by Gasteiger charge is -2.40. The second-order valence-electron chi connectivity index (χ2n) is 6.44. The van der Waals surface area contributed by atoms with Gasteiger partial charge in [-0.1, -0.05) is 11.6 Å². The molecule has 5 nitrogen and oxygen atoms in total. The normalized spacial score (nSPS) is 19.3. The van der Waals surface area contributed by atoms with Crippen molar-refractivity contribution in [2.75, 3.05) is 24.5 Å². The molecular weight excluding hydrogens is 417 g/mol. The summed E-state index contributed by atoms with van der Waals surface area (Å²) in [6.07, 6.45) is -0.257. The molecule has 0 N–H and O–H groups in total. The summed E-state index contributed by atoms with van der Waals surface area (Å²) in [4.78, 5) is 20.5. The highest BCUT2D eigenvalue weighted by molar-refractivity contribution is 14.1. The Morgan fingerprint density at radius 1 is 1.41 bits per heavy atom. The third kappa shape index (κ3) is 4.62.